The van der Waals surface area contributed by atoms with Crippen LogP contribution in [0.1, 0.15) is 21.5 Å². The highest BCUT2D eigenvalue weighted by molar-refractivity contribution is 5.91. The number of halogens is 2. The van der Waals surface area contributed by atoms with Crippen LogP contribution in [0.2, 0.25) is 0 Å². The molecule has 1 aliphatic rings. The first-order valence-corrected chi connectivity index (χ1v) is 8.55. The standard InChI is InChI=1S/C20H24N2O3.2ClH/c1-21-9-11-22(12-10-21)14-17-7-8-19(18(13-17)20(23)24)25-15-16-5-3-2-4-6-16;;/h2-8,13H,9-12,14-15H2,1H3,(H,23,24);2*1H. The van der Waals surface area contributed by atoms with Crippen LogP contribution in [0, 0.1) is 0 Å². The Hall–Kier alpha value is -1.79. The normalized spacial score (nSPS) is 14.7. The summed E-state index contributed by atoms with van der Waals surface area (Å²) in [6.45, 7) is 5.23. The second kappa shape index (κ2) is 11.1. The molecule has 2 aromatic rings. The molecule has 27 heavy (non-hydrogen) atoms. The number of aromatic carboxylic acids is 1. The maximum Gasteiger partial charge on any atom is 0.339 e. The van der Waals surface area contributed by atoms with Crippen molar-refractivity contribution >= 4 is 30.8 Å². The molecule has 5 nitrogen and oxygen atoms in total. The van der Waals surface area contributed by atoms with Gasteiger partial charge < -0.3 is 14.7 Å². The summed E-state index contributed by atoms with van der Waals surface area (Å²) in [6.07, 6.45) is 0. The van der Waals surface area contributed by atoms with Crippen LogP contribution in [0.5, 0.6) is 5.75 Å². The quantitative estimate of drug-likeness (QED) is 0.785. The van der Waals surface area contributed by atoms with E-state index in [2.05, 4.69) is 16.8 Å². The highest BCUT2D eigenvalue weighted by Crippen LogP contribution is 2.22. The number of rotatable bonds is 6. The Morgan fingerprint density at radius 2 is 1.67 bits per heavy atom. The smallest absolute Gasteiger partial charge is 0.339 e. The Labute approximate surface area is 172 Å². The van der Waals surface area contributed by atoms with Crippen LogP contribution in [-0.4, -0.2) is 54.1 Å². The number of carbonyl (C=O) groups is 1. The first-order valence-electron chi connectivity index (χ1n) is 8.55. The van der Waals surface area contributed by atoms with Gasteiger partial charge in [-0.3, -0.25) is 4.90 Å². The number of piperazine rings is 1. The Kier molecular flexibility index (Phi) is 9.60. The summed E-state index contributed by atoms with van der Waals surface area (Å²) >= 11 is 0. The molecule has 1 N–H and O–H groups in total. The van der Waals surface area contributed by atoms with E-state index in [4.69, 9.17) is 4.74 Å². The molecule has 1 fully saturated rings. The fourth-order valence-corrected chi connectivity index (χ4v) is 2.97. The van der Waals surface area contributed by atoms with Crippen LogP contribution in [0.15, 0.2) is 48.5 Å². The van der Waals surface area contributed by atoms with E-state index in [0.29, 0.717) is 12.4 Å². The molecule has 2 aromatic carbocycles. The van der Waals surface area contributed by atoms with E-state index in [-0.39, 0.29) is 30.4 Å². The maximum absolute atomic E-state index is 11.6. The minimum atomic E-state index is -0.955. The molecule has 148 valence electrons. The number of likely N-dealkylation sites (N-methyl/N-ethyl adjacent to an activating group) is 1. The van der Waals surface area contributed by atoms with Gasteiger partial charge in [0.2, 0.25) is 0 Å². The molecule has 1 heterocycles. The van der Waals surface area contributed by atoms with E-state index in [9.17, 15) is 9.90 Å². The average Bonchev–Trinajstić information content (AvgIpc) is 2.63. The summed E-state index contributed by atoms with van der Waals surface area (Å²) in [7, 11) is 2.12. The first-order chi connectivity index (χ1) is 12.1. The van der Waals surface area contributed by atoms with Gasteiger partial charge in [0.25, 0.3) is 0 Å². The Bertz CT molecular complexity index is 720. The van der Waals surface area contributed by atoms with Gasteiger partial charge in [0.1, 0.15) is 17.9 Å². The number of carboxylic acid groups (broad SMARTS) is 1. The zero-order valence-corrected chi connectivity index (χ0v) is 17.0. The molecule has 1 aliphatic heterocycles. The van der Waals surface area contributed by atoms with Crippen molar-refractivity contribution in [3.63, 3.8) is 0 Å². The van der Waals surface area contributed by atoms with E-state index in [1.807, 2.05) is 36.4 Å². The second-order valence-corrected chi connectivity index (χ2v) is 6.49. The molecule has 0 spiro atoms. The third-order valence-corrected chi connectivity index (χ3v) is 4.51. The van der Waals surface area contributed by atoms with Gasteiger partial charge in [-0.05, 0) is 30.3 Å². The number of hydrogen-bond acceptors (Lipinski definition) is 4. The number of ether oxygens (including phenoxy) is 1. The van der Waals surface area contributed by atoms with Crippen molar-refractivity contribution in [1.82, 2.24) is 9.80 Å². The minimum absolute atomic E-state index is 0. The van der Waals surface area contributed by atoms with Crippen molar-refractivity contribution in [3.05, 3.63) is 65.2 Å². The summed E-state index contributed by atoms with van der Waals surface area (Å²) in [5.41, 5.74) is 2.25. The van der Waals surface area contributed by atoms with Gasteiger partial charge in [0, 0.05) is 32.7 Å². The molecule has 0 bridgehead atoms. The number of hydrogen-bond donors (Lipinski definition) is 1. The van der Waals surface area contributed by atoms with Crippen molar-refractivity contribution in [2.24, 2.45) is 0 Å². The van der Waals surface area contributed by atoms with Crippen molar-refractivity contribution in [1.29, 1.82) is 0 Å². The zero-order valence-electron chi connectivity index (χ0n) is 15.3. The summed E-state index contributed by atoms with van der Waals surface area (Å²) in [6, 6.07) is 15.2. The van der Waals surface area contributed by atoms with Gasteiger partial charge in [-0.1, -0.05) is 36.4 Å². The number of nitrogens with zero attached hydrogens (tertiary/aromatic N) is 2. The summed E-state index contributed by atoms with van der Waals surface area (Å²) in [5.74, 6) is -0.540. The van der Waals surface area contributed by atoms with Crippen molar-refractivity contribution in [3.8, 4) is 5.75 Å². The lowest BCUT2D eigenvalue weighted by Gasteiger charge is -2.32. The van der Waals surface area contributed by atoms with Gasteiger partial charge in [0.05, 0.1) is 0 Å². The highest BCUT2D eigenvalue weighted by Gasteiger charge is 2.17. The molecule has 0 aromatic heterocycles. The first kappa shape index (κ1) is 23.2. The third kappa shape index (κ3) is 6.70. The summed E-state index contributed by atoms with van der Waals surface area (Å²) < 4.78 is 5.74. The molecule has 3 rings (SSSR count). The van der Waals surface area contributed by atoms with E-state index in [1.54, 1.807) is 12.1 Å². The van der Waals surface area contributed by atoms with Crippen LogP contribution in [0.3, 0.4) is 0 Å². The van der Waals surface area contributed by atoms with E-state index in [1.165, 1.54) is 0 Å². The largest absolute Gasteiger partial charge is 0.488 e. The Morgan fingerprint density at radius 3 is 2.30 bits per heavy atom. The Morgan fingerprint density at radius 1 is 1.00 bits per heavy atom. The second-order valence-electron chi connectivity index (χ2n) is 6.49. The van der Waals surface area contributed by atoms with Crippen LogP contribution in [0.4, 0.5) is 0 Å². The van der Waals surface area contributed by atoms with Crippen molar-refractivity contribution in [2.45, 2.75) is 13.2 Å². The monoisotopic (exact) mass is 412 g/mol. The van der Waals surface area contributed by atoms with Crippen LogP contribution in [-0.2, 0) is 13.2 Å². The molecule has 0 amide bonds. The maximum atomic E-state index is 11.6. The predicted molar refractivity (Wildman–Crippen MR) is 111 cm³/mol. The number of benzene rings is 2. The molecule has 7 heteroatoms. The van der Waals surface area contributed by atoms with Crippen LogP contribution >= 0.6 is 24.8 Å². The minimum Gasteiger partial charge on any atom is -0.488 e. The Balaban J connectivity index is 0.00000182. The molecule has 0 atom stereocenters. The molecular weight excluding hydrogens is 387 g/mol. The SMILES string of the molecule is CN1CCN(Cc2ccc(OCc3ccccc3)c(C(=O)O)c2)CC1.Cl.Cl. The molecule has 0 radical (unpaired) electrons. The van der Waals surface area contributed by atoms with E-state index < -0.39 is 5.97 Å². The van der Waals surface area contributed by atoms with Gasteiger partial charge in [-0.2, -0.15) is 0 Å². The summed E-state index contributed by atoms with van der Waals surface area (Å²) in [4.78, 5) is 16.3. The predicted octanol–water partition coefficient (Wildman–Crippen LogP) is 3.55. The third-order valence-electron chi connectivity index (χ3n) is 4.51. The lowest BCUT2D eigenvalue weighted by molar-refractivity contribution is 0.0691. The zero-order chi connectivity index (χ0) is 17.6. The topological polar surface area (TPSA) is 53.0 Å². The van der Waals surface area contributed by atoms with Gasteiger partial charge in [-0.25, -0.2) is 4.79 Å². The fourth-order valence-electron chi connectivity index (χ4n) is 2.97. The van der Waals surface area contributed by atoms with Gasteiger partial charge in [-0.15, -0.1) is 24.8 Å². The molecule has 0 unspecified atom stereocenters. The van der Waals surface area contributed by atoms with Gasteiger partial charge in [0.15, 0.2) is 0 Å². The van der Waals surface area contributed by atoms with Crippen molar-refractivity contribution in [2.75, 3.05) is 33.2 Å². The highest BCUT2D eigenvalue weighted by atomic mass is 35.5. The van der Waals surface area contributed by atoms with E-state index in [0.717, 1.165) is 43.9 Å². The average molecular weight is 413 g/mol. The molecule has 0 saturated carbocycles. The van der Waals surface area contributed by atoms with Gasteiger partial charge >= 0.3 is 5.97 Å². The molecule has 0 aliphatic carbocycles. The lowest BCUT2D eigenvalue weighted by Crippen LogP contribution is -2.43. The fraction of sp³-hybridized carbons (Fsp3) is 0.350. The number of carboxylic acids is 1. The van der Waals surface area contributed by atoms with Crippen molar-refractivity contribution < 1.29 is 14.6 Å². The molecule has 1 saturated heterocycles. The van der Waals surface area contributed by atoms with E-state index >= 15 is 0 Å². The van der Waals surface area contributed by atoms with Crippen LogP contribution < -0.4 is 4.74 Å². The molecular formula is C20H26Cl2N2O3. The van der Waals surface area contributed by atoms with Crippen LogP contribution in [0.25, 0.3) is 0 Å². The lowest BCUT2D eigenvalue weighted by atomic mass is 10.1. The summed E-state index contributed by atoms with van der Waals surface area (Å²) in [5, 5.41) is 9.53.